The highest BCUT2D eigenvalue weighted by atomic mass is 16.5. The number of hydrogen-bond acceptors (Lipinski definition) is 2. The first-order valence-corrected chi connectivity index (χ1v) is 7.12. The second-order valence-electron chi connectivity index (χ2n) is 4.86. The van der Waals surface area contributed by atoms with E-state index in [1.54, 1.807) is 0 Å². The van der Waals surface area contributed by atoms with Gasteiger partial charge >= 0.3 is 0 Å². The fourth-order valence-corrected chi connectivity index (χ4v) is 1.95. The minimum Gasteiger partial charge on any atom is -0.391 e. The lowest BCUT2D eigenvalue weighted by Gasteiger charge is -2.11. The van der Waals surface area contributed by atoms with Gasteiger partial charge in [-0.3, -0.25) is 0 Å². The summed E-state index contributed by atoms with van der Waals surface area (Å²) in [5, 5.41) is 9.76. The molecule has 2 nitrogen and oxygen atoms in total. The molecule has 0 saturated heterocycles. The number of ether oxygens (including phenoxy) is 1. The number of aliphatic hydroxyl groups is 1. The predicted octanol–water partition coefficient (Wildman–Crippen LogP) is 3.92. The average Bonchev–Trinajstić information content (AvgIpc) is 2.40. The second-order valence-corrected chi connectivity index (χ2v) is 4.86. The first-order chi connectivity index (χ1) is 8.83. The van der Waals surface area contributed by atoms with E-state index >= 15 is 0 Å². The van der Waals surface area contributed by atoms with Crippen molar-refractivity contribution in [1.82, 2.24) is 0 Å². The van der Waals surface area contributed by atoms with E-state index in [-0.39, 0.29) is 6.10 Å². The lowest BCUT2D eigenvalue weighted by Crippen LogP contribution is -2.15. The first kappa shape index (κ1) is 15.2. The Kier molecular flexibility index (Phi) is 8.53. The van der Waals surface area contributed by atoms with Crippen LogP contribution in [0.4, 0.5) is 0 Å². The van der Waals surface area contributed by atoms with E-state index in [9.17, 15) is 5.11 Å². The first-order valence-electron chi connectivity index (χ1n) is 7.12. The van der Waals surface area contributed by atoms with E-state index in [2.05, 4.69) is 6.92 Å². The Bertz CT molecular complexity index is 284. The fourth-order valence-electron chi connectivity index (χ4n) is 1.95. The minimum atomic E-state index is -0.310. The molecule has 1 unspecified atom stereocenters. The minimum absolute atomic E-state index is 0.310. The third-order valence-electron chi connectivity index (χ3n) is 3.06. The van der Waals surface area contributed by atoms with Crippen LogP contribution in [-0.4, -0.2) is 17.8 Å². The molecule has 0 aromatic heterocycles. The van der Waals surface area contributed by atoms with Crippen molar-refractivity contribution in [1.29, 1.82) is 0 Å². The largest absolute Gasteiger partial charge is 0.391 e. The highest BCUT2D eigenvalue weighted by Crippen LogP contribution is 2.08. The molecule has 1 N–H and O–H groups in total. The highest BCUT2D eigenvalue weighted by molar-refractivity contribution is 5.13. The van der Waals surface area contributed by atoms with Gasteiger partial charge in [-0.1, -0.05) is 69.4 Å². The smallest absolute Gasteiger partial charge is 0.0773 e. The van der Waals surface area contributed by atoms with E-state index in [1.807, 2.05) is 30.3 Å². The summed E-state index contributed by atoms with van der Waals surface area (Å²) in [7, 11) is 0. The molecule has 0 amide bonds. The van der Waals surface area contributed by atoms with Gasteiger partial charge in [0.1, 0.15) is 0 Å². The molecule has 1 aromatic carbocycles. The summed E-state index contributed by atoms with van der Waals surface area (Å²) < 4.78 is 5.51. The van der Waals surface area contributed by atoms with E-state index < -0.39 is 0 Å². The molecule has 0 bridgehead atoms. The molecule has 1 aromatic rings. The molecular formula is C16H26O2. The molecule has 0 spiro atoms. The van der Waals surface area contributed by atoms with Crippen molar-refractivity contribution in [3.63, 3.8) is 0 Å². The molecule has 0 aliphatic heterocycles. The lowest BCUT2D eigenvalue weighted by atomic mass is 10.1. The Morgan fingerprint density at radius 2 is 1.78 bits per heavy atom. The van der Waals surface area contributed by atoms with Crippen molar-refractivity contribution in [3.8, 4) is 0 Å². The summed E-state index contributed by atoms with van der Waals surface area (Å²) in [4.78, 5) is 0. The van der Waals surface area contributed by atoms with Crippen LogP contribution in [0.1, 0.15) is 51.0 Å². The van der Waals surface area contributed by atoms with Gasteiger partial charge < -0.3 is 9.84 Å². The Balaban J connectivity index is 1.98. The van der Waals surface area contributed by atoms with Crippen molar-refractivity contribution in [2.45, 2.75) is 58.2 Å². The summed E-state index contributed by atoms with van der Waals surface area (Å²) in [6.07, 6.45) is 6.74. The maximum Gasteiger partial charge on any atom is 0.0773 e. The number of unbranched alkanes of at least 4 members (excludes halogenated alkanes) is 4. The van der Waals surface area contributed by atoms with E-state index in [4.69, 9.17) is 4.74 Å². The Morgan fingerprint density at radius 1 is 1.06 bits per heavy atom. The van der Waals surface area contributed by atoms with Crippen molar-refractivity contribution < 1.29 is 9.84 Å². The van der Waals surface area contributed by atoms with E-state index in [0.717, 1.165) is 18.4 Å². The van der Waals surface area contributed by atoms with Crippen LogP contribution in [0.25, 0.3) is 0 Å². The van der Waals surface area contributed by atoms with Gasteiger partial charge in [0.05, 0.1) is 19.3 Å². The van der Waals surface area contributed by atoms with Crippen LogP contribution in [-0.2, 0) is 11.3 Å². The molecule has 0 aliphatic rings. The third-order valence-corrected chi connectivity index (χ3v) is 3.06. The van der Waals surface area contributed by atoms with Crippen LogP contribution in [0.5, 0.6) is 0 Å². The summed E-state index contributed by atoms with van der Waals surface area (Å²) in [6.45, 7) is 3.25. The summed E-state index contributed by atoms with van der Waals surface area (Å²) in [5.74, 6) is 0. The van der Waals surface area contributed by atoms with Gasteiger partial charge in [-0.15, -0.1) is 0 Å². The molecule has 102 valence electrons. The molecule has 2 heteroatoms. The SMILES string of the molecule is CCCCCCCC(O)COCc1ccccc1. The zero-order valence-electron chi connectivity index (χ0n) is 11.5. The van der Waals surface area contributed by atoms with Crippen LogP contribution in [0.15, 0.2) is 30.3 Å². The van der Waals surface area contributed by atoms with Crippen LogP contribution >= 0.6 is 0 Å². The molecule has 0 fully saturated rings. The topological polar surface area (TPSA) is 29.5 Å². The predicted molar refractivity (Wildman–Crippen MR) is 75.5 cm³/mol. The Morgan fingerprint density at radius 3 is 2.50 bits per heavy atom. The van der Waals surface area contributed by atoms with E-state index in [1.165, 1.54) is 25.7 Å². The van der Waals surface area contributed by atoms with Gasteiger partial charge in [0, 0.05) is 0 Å². The lowest BCUT2D eigenvalue weighted by molar-refractivity contribution is 0.0233. The zero-order chi connectivity index (χ0) is 13.1. The average molecular weight is 250 g/mol. The maximum atomic E-state index is 9.76. The summed E-state index contributed by atoms with van der Waals surface area (Å²) in [6, 6.07) is 10.1. The van der Waals surface area contributed by atoms with Crippen LogP contribution in [0, 0.1) is 0 Å². The molecule has 1 atom stereocenters. The van der Waals surface area contributed by atoms with Crippen LogP contribution < -0.4 is 0 Å². The quantitative estimate of drug-likeness (QED) is 0.638. The highest BCUT2D eigenvalue weighted by Gasteiger charge is 2.04. The number of hydrogen-bond donors (Lipinski definition) is 1. The van der Waals surface area contributed by atoms with Crippen molar-refractivity contribution in [2.75, 3.05) is 6.61 Å². The summed E-state index contributed by atoms with van der Waals surface area (Å²) in [5.41, 5.74) is 1.16. The third kappa shape index (κ3) is 7.46. The van der Waals surface area contributed by atoms with Gasteiger partial charge in [0.2, 0.25) is 0 Å². The Hall–Kier alpha value is -0.860. The molecule has 18 heavy (non-hydrogen) atoms. The maximum absolute atomic E-state index is 9.76. The molecule has 0 radical (unpaired) electrons. The molecule has 1 rings (SSSR count). The molecule has 0 saturated carbocycles. The molecule has 0 heterocycles. The van der Waals surface area contributed by atoms with Crippen LogP contribution in [0.2, 0.25) is 0 Å². The second kappa shape index (κ2) is 10.1. The van der Waals surface area contributed by atoms with Crippen molar-refractivity contribution in [2.24, 2.45) is 0 Å². The van der Waals surface area contributed by atoms with Crippen molar-refractivity contribution in [3.05, 3.63) is 35.9 Å². The van der Waals surface area contributed by atoms with Gasteiger partial charge in [0.15, 0.2) is 0 Å². The zero-order valence-corrected chi connectivity index (χ0v) is 11.5. The van der Waals surface area contributed by atoms with E-state index in [0.29, 0.717) is 13.2 Å². The molecular weight excluding hydrogens is 224 g/mol. The van der Waals surface area contributed by atoms with Gasteiger partial charge in [-0.05, 0) is 12.0 Å². The van der Waals surface area contributed by atoms with Crippen molar-refractivity contribution >= 4 is 0 Å². The monoisotopic (exact) mass is 250 g/mol. The van der Waals surface area contributed by atoms with Gasteiger partial charge in [-0.25, -0.2) is 0 Å². The Labute approximate surface area is 111 Å². The number of benzene rings is 1. The molecule has 0 aliphatic carbocycles. The van der Waals surface area contributed by atoms with Gasteiger partial charge in [-0.2, -0.15) is 0 Å². The number of aliphatic hydroxyl groups excluding tert-OH is 1. The summed E-state index contributed by atoms with van der Waals surface area (Å²) >= 11 is 0. The fraction of sp³-hybridized carbons (Fsp3) is 0.625. The van der Waals surface area contributed by atoms with Crippen LogP contribution in [0.3, 0.4) is 0 Å². The normalized spacial score (nSPS) is 12.6. The standard InChI is InChI=1S/C16H26O2/c1-2-3-4-5-9-12-16(17)14-18-13-15-10-7-6-8-11-15/h6-8,10-11,16-17H,2-5,9,12-14H2,1H3. The van der Waals surface area contributed by atoms with Gasteiger partial charge in [0.25, 0.3) is 0 Å². The number of rotatable bonds is 10.